The van der Waals surface area contributed by atoms with Crippen LogP contribution in [-0.4, -0.2) is 59.0 Å². The summed E-state index contributed by atoms with van der Waals surface area (Å²) < 4.78 is 27.3. The van der Waals surface area contributed by atoms with E-state index in [0.29, 0.717) is 24.8 Å². The molecule has 0 unspecified atom stereocenters. The Kier molecular flexibility index (Phi) is 6.12. The van der Waals surface area contributed by atoms with E-state index in [-0.39, 0.29) is 17.4 Å². The molecule has 0 radical (unpaired) electrons. The van der Waals surface area contributed by atoms with Gasteiger partial charge in [-0.1, -0.05) is 20.3 Å². The summed E-state index contributed by atoms with van der Waals surface area (Å²) in [5, 5.41) is 11.0. The number of rotatable bonds is 6. The van der Waals surface area contributed by atoms with Gasteiger partial charge in [-0.2, -0.15) is 0 Å². The van der Waals surface area contributed by atoms with Crippen LogP contribution in [0.25, 0.3) is 0 Å². The minimum Gasteiger partial charge on any atom is -0.455 e. The minimum atomic E-state index is -1.10. The summed E-state index contributed by atoms with van der Waals surface area (Å²) in [6.07, 6.45) is 2.63. The molecule has 0 bridgehead atoms. The number of cyclic esters (lactones) is 1. The second kappa shape index (κ2) is 8.36. The molecule has 4 aliphatic rings. The number of hydrogen-bond donors (Lipinski definition) is 1. The number of aliphatic hydroxyl groups is 1. The third kappa shape index (κ3) is 4.68. The van der Waals surface area contributed by atoms with Crippen molar-refractivity contribution < 1.29 is 43.2 Å². The number of fused-ring (bicyclic) bond motifs is 1. The minimum absolute atomic E-state index is 0.0289. The van der Waals surface area contributed by atoms with Crippen LogP contribution in [0.4, 0.5) is 0 Å². The molecule has 0 spiro atoms. The Morgan fingerprint density at radius 1 is 1.15 bits per heavy atom. The van der Waals surface area contributed by atoms with Gasteiger partial charge in [-0.15, -0.1) is 0 Å². The number of carbonyl (C=O) groups is 3. The Morgan fingerprint density at radius 2 is 1.85 bits per heavy atom. The van der Waals surface area contributed by atoms with E-state index in [0.717, 1.165) is 19.3 Å². The van der Waals surface area contributed by atoms with Gasteiger partial charge < -0.3 is 24.1 Å². The molecule has 3 aliphatic heterocycles. The van der Waals surface area contributed by atoms with Gasteiger partial charge in [0, 0.05) is 25.8 Å². The van der Waals surface area contributed by atoms with Gasteiger partial charge >= 0.3 is 17.9 Å². The zero-order chi connectivity index (χ0) is 24.2. The highest BCUT2D eigenvalue weighted by molar-refractivity contribution is 5.85. The van der Waals surface area contributed by atoms with Crippen LogP contribution in [0.1, 0.15) is 73.1 Å². The van der Waals surface area contributed by atoms with Gasteiger partial charge in [-0.3, -0.25) is 14.3 Å². The van der Waals surface area contributed by atoms with E-state index in [4.69, 9.17) is 23.7 Å². The molecular weight excluding hydrogens is 432 g/mol. The number of carbonyl (C=O) groups excluding carboxylic acids is 3. The number of epoxide rings is 1. The summed E-state index contributed by atoms with van der Waals surface area (Å²) in [4.78, 5) is 35.8. The van der Waals surface area contributed by atoms with E-state index in [1.165, 1.54) is 19.9 Å². The average Bonchev–Trinajstić information content (AvgIpc) is 3.26. The fraction of sp³-hybridized carbons (Fsp3) is 0.792. The molecule has 0 aromatic heterocycles. The van der Waals surface area contributed by atoms with Crippen molar-refractivity contribution in [1.29, 1.82) is 0 Å². The van der Waals surface area contributed by atoms with E-state index in [2.05, 4.69) is 13.8 Å². The van der Waals surface area contributed by atoms with Crippen LogP contribution in [0.3, 0.4) is 0 Å². The Balaban J connectivity index is 1.43. The second-order valence-electron chi connectivity index (χ2n) is 10.6. The lowest BCUT2D eigenvalue weighted by molar-refractivity contribution is -0.204. The molecule has 0 aromatic carbocycles. The first-order valence-electron chi connectivity index (χ1n) is 11.7. The van der Waals surface area contributed by atoms with Gasteiger partial charge in [0.15, 0.2) is 5.60 Å². The Morgan fingerprint density at radius 3 is 2.45 bits per heavy atom. The van der Waals surface area contributed by atoms with Crippen LogP contribution < -0.4 is 0 Å². The van der Waals surface area contributed by atoms with Gasteiger partial charge in [0.1, 0.15) is 12.2 Å². The topological polar surface area (TPSA) is 121 Å². The molecule has 33 heavy (non-hydrogen) atoms. The standard InChI is InChI=1S/C24H34O9/c1-13(25)29-19-11-15(20(32-19)30-14(2)26)16-12-18-24(33-18,21(27)31-16)10-7-17-22(3,4)8-6-9-23(17,5)28/h11,16-20,28H,6-10,12H2,1-5H3/t16-,17+,18-,19+,20-,23-,24-/m1/s1. The first-order chi connectivity index (χ1) is 15.3. The molecule has 7 atom stereocenters. The monoisotopic (exact) mass is 466 g/mol. The lowest BCUT2D eigenvalue weighted by atomic mass is 9.60. The van der Waals surface area contributed by atoms with E-state index in [9.17, 15) is 19.5 Å². The summed E-state index contributed by atoms with van der Waals surface area (Å²) in [6, 6.07) is 0. The maximum Gasteiger partial charge on any atom is 0.341 e. The zero-order valence-corrected chi connectivity index (χ0v) is 19.9. The molecule has 1 aliphatic carbocycles. The molecular formula is C24H34O9. The van der Waals surface area contributed by atoms with Crippen molar-refractivity contribution in [2.75, 3.05) is 0 Å². The van der Waals surface area contributed by atoms with Gasteiger partial charge in [0.05, 0.1) is 5.60 Å². The summed E-state index contributed by atoms with van der Waals surface area (Å²) in [5.41, 5.74) is -1.38. The molecule has 1 saturated carbocycles. The first-order valence-corrected chi connectivity index (χ1v) is 11.7. The summed E-state index contributed by atoms with van der Waals surface area (Å²) in [5.74, 6) is -1.54. The third-order valence-corrected chi connectivity index (χ3v) is 7.63. The second-order valence-corrected chi connectivity index (χ2v) is 10.6. The van der Waals surface area contributed by atoms with E-state index in [1.807, 2.05) is 6.92 Å². The van der Waals surface area contributed by atoms with Gasteiger partial charge in [0.25, 0.3) is 0 Å². The number of ether oxygens (including phenoxy) is 5. The van der Waals surface area contributed by atoms with Crippen molar-refractivity contribution in [3.8, 4) is 0 Å². The molecule has 0 amide bonds. The largest absolute Gasteiger partial charge is 0.455 e. The maximum absolute atomic E-state index is 13.0. The van der Waals surface area contributed by atoms with Crippen molar-refractivity contribution in [1.82, 2.24) is 0 Å². The molecule has 9 nitrogen and oxygen atoms in total. The van der Waals surface area contributed by atoms with Crippen LogP contribution in [-0.2, 0) is 38.1 Å². The summed E-state index contributed by atoms with van der Waals surface area (Å²) in [6.45, 7) is 8.71. The maximum atomic E-state index is 13.0. The van der Waals surface area contributed by atoms with Crippen molar-refractivity contribution in [3.63, 3.8) is 0 Å². The highest BCUT2D eigenvalue weighted by Crippen LogP contribution is 2.54. The average molecular weight is 467 g/mol. The highest BCUT2D eigenvalue weighted by atomic mass is 16.8. The summed E-state index contributed by atoms with van der Waals surface area (Å²) >= 11 is 0. The van der Waals surface area contributed by atoms with Gasteiger partial charge in [-0.25, -0.2) is 4.79 Å². The molecule has 3 heterocycles. The van der Waals surface area contributed by atoms with Gasteiger partial charge in [0.2, 0.25) is 12.6 Å². The molecule has 2 saturated heterocycles. The molecule has 0 aromatic rings. The van der Waals surface area contributed by atoms with E-state index in [1.54, 1.807) is 0 Å². The highest BCUT2D eigenvalue weighted by Gasteiger charge is 2.68. The van der Waals surface area contributed by atoms with E-state index >= 15 is 0 Å². The number of hydrogen-bond acceptors (Lipinski definition) is 9. The van der Waals surface area contributed by atoms with Crippen LogP contribution in [0.2, 0.25) is 0 Å². The lowest BCUT2D eigenvalue weighted by Gasteiger charge is -2.48. The molecule has 9 heteroatoms. The molecule has 3 fully saturated rings. The van der Waals surface area contributed by atoms with E-state index < -0.39 is 47.8 Å². The van der Waals surface area contributed by atoms with Crippen molar-refractivity contribution >= 4 is 17.9 Å². The first kappa shape index (κ1) is 24.2. The van der Waals surface area contributed by atoms with Crippen LogP contribution in [0.15, 0.2) is 11.6 Å². The SMILES string of the molecule is CC(=O)O[C@@H]1C=C([C@H]2C[C@H]3O[C@@]3(CC[C@H]3C(C)(C)CCC[C@@]3(C)O)C(=O)O2)[C@H](OC(C)=O)O1. The zero-order valence-electron chi connectivity index (χ0n) is 19.9. The Labute approximate surface area is 193 Å². The fourth-order valence-corrected chi connectivity index (χ4v) is 5.99. The van der Waals surface area contributed by atoms with Crippen LogP contribution >= 0.6 is 0 Å². The molecule has 184 valence electrons. The predicted molar refractivity (Wildman–Crippen MR) is 113 cm³/mol. The molecule has 4 rings (SSSR count). The number of esters is 3. The Hall–Kier alpha value is -1.97. The van der Waals surface area contributed by atoms with Crippen molar-refractivity contribution in [2.45, 2.75) is 109 Å². The van der Waals surface area contributed by atoms with Gasteiger partial charge in [-0.05, 0) is 50.0 Å². The molecule has 1 N–H and O–H groups in total. The lowest BCUT2D eigenvalue weighted by Crippen LogP contribution is -2.48. The normalized spacial score (nSPS) is 41.5. The quantitative estimate of drug-likeness (QED) is 0.272. The van der Waals surface area contributed by atoms with Crippen molar-refractivity contribution in [2.24, 2.45) is 11.3 Å². The van der Waals surface area contributed by atoms with Crippen molar-refractivity contribution in [3.05, 3.63) is 11.6 Å². The van der Waals surface area contributed by atoms with Crippen LogP contribution in [0.5, 0.6) is 0 Å². The van der Waals surface area contributed by atoms with Crippen LogP contribution in [0, 0.1) is 11.3 Å². The Bertz CT molecular complexity index is 844. The third-order valence-electron chi connectivity index (χ3n) is 7.63. The fourth-order valence-electron chi connectivity index (χ4n) is 5.99. The predicted octanol–water partition coefficient (Wildman–Crippen LogP) is 2.53. The smallest absolute Gasteiger partial charge is 0.341 e. The summed E-state index contributed by atoms with van der Waals surface area (Å²) in [7, 11) is 0.